The Morgan fingerprint density at radius 3 is 2.93 bits per heavy atom. The lowest BCUT2D eigenvalue weighted by Crippen LogP contribution is -2.34. The lowest BCUT2D eigenvalue weighted by Gasteiger charge is -2.11. The highest BCUT2D eigenvalue weighted by Gasteiger charge is 2.12. The van der Waals surface area contributed by atoms with Crippen molar-refractivity contribution in [3.8, 4) is 5.75 Å². The van der Waals surface area contributed by atoms with Crippen LogP contribution in [-0.2, 0) is 4.79 Å². The second kappa shape index (κ2) is 5.14. The van der Waals surface area contributed by atoms with E-state index in [1.54, 1.807) is 12.1 Å². The van der Waals surface area contributed by atoms with Gasteiger partial charge in [-0.25, -0.2) is 0 Å². The van der Waals surface area contributed by atoms with Crippen LogP contribution in [0.15, 0.2) is 22.7 Å². The number of carbonyl (C=O) groups is 1. The number of carbonyl (C=O) groups excluding carboxylic acids is 1. The number of rotatable bonds is 3. The number of phenolic OH excluding ortho intramolecular Hbond substituents is 1. The Morgan fingerprint density at radius 1 is 1.67 bits per heavy atom. The summed E-state index contributed by atoms with van der Waals surface area (Å²) in [6.07, 6.45) is 0.556. The third kappa shape index (κ3) is 3.21. The van der Waals surface area contributed by atoms with Gasteiger partial charge in [0.05, 0.1) is 11.7 Å². The summed E-state index contributed by atoms with van der Waals surface area (Å²) in [6, 6.07) is 4.25. The van der Waals surface area contributed by atoms with E-state index < -0.39 is 6.04 Å². The topological polar surface area (TPSA) is 75.4 Å². The van der Waals surface area contributed by atoms with Crippen LogP contribution < -0.4 is 11.1 Å². The van der Waals surface area contributed by atoms with Crippen LogP contribution in [-0.4, -0.2) is 17.1 Å². The van der Waals surface area contributed by atoms with E-state index in [1.165, 1.54) is 6.07 Å². The summed E-state index contributed by atoms with van der Waals surface area (Å²) in [6.45, 7) is 1.82. The van der Waals surface area contributed by atoms with E-state index in [2.05, 4.69) is 21.2 Å². The smallest absolute Gasteiger partial charge is 0.241 e. The van der Waals surface area contributed by atoms with Crippen molar-refractivity contribution < 1.29 is 9.90 Å². The first-order valence-electron chi connectivity index (χ1n) is 4.59. The van der Waals surface area contributed by atoms with E-state index in [0.29, 0.717) is 12.1 Å². The highest BCUT2D eigenvalue weighted by Crippen LogP contribution is 2.26. The van der Waals surface area contributed by atoms with Gasteiger partial charge in [-0.2, -0.15) is 0 Å². The summed E-state index contributed by atoms with van der Waals surface area (Å²) >= 11 is 3.25. The van der Waals surface area contributed by atoms with Gasteiger partial charge in [-0.1, -0.05) is 22.9 Å². The first-order chi connectivity index (χ1) is 7.04. The van der Waals surface area contributed by atoms with E-state index in [0.717, 1.165) is 4.47 Å². The highest BCUT2D eigenvalue weighted by molar-refractivity contribution is 9.10. The summed E-state index contributed by atoms with van der Waals surface area (Å²) in [5.74, 6) is -0.277. The van der Waals surface area contributed by atoms with E-state index in [4.69, 9.17) is 5.73 Å². The molecule has 4 nitrogen and oxygen atoms in total. The Morgan fingerprint density at radius 2 is 2.33 bits per heavy atom. The molecular weight excluding hydrogens is 260 g/mol. The number of aromatic hydroxyl groups is 1. The van der Waals surface area contributed by atoms with Gasteiger partial charge in [0, 0.05) is 4.47 Å². The number of hydrogen-bond donors (Lipinski definition) is 3. The summed E-state index contributed by atoms with van der Waals surface area (Å²) in [4.78, 5) is 11.4. The van der Waals surface area contributed by atoms with Crippen LogP contribution in [0, 0.1) is 0 Å². The average Bonchev–Trinajstić information content (AvgIpc) is 2.22. The molecule has 1 atom stereocenters. The standard InChI is InChI=1S/C10H13BrN2O2/c1-2-7(12)10(15)13-8-5-6(11)3-4-9(8)14/h3-5,7,14H,2,12H2,1H3,(H,13,15)/t7-/m1/s1. The summed E-state index contributed by atoms with van der Waals surface area (Å²) in [5, 5.41) is 12.0. The fourth-order valence-electron chi connectivity index (χ4n) is 1.02. The molecule has 0 aromatic heterocycles. The number of benzene rings is 1. The summed E-state index contributed by atoms with van der Waals surface area (Å²) in [5.41, 5.74) is 5.91. The number of anilines is 1. The quantitative estimate of drug-likeness (QED) is 0.735. The monoisotopic (exact) mass is 272 g/mol. The van der Waals surface area contributed by atoms with Crippen LogP contribution in [0.3, 0.4) is 0 Å². The van der Waals surface area contributed by atoms with Gasteiger partial charge in [-0.15, -0.1) is 0 Å². The van der Waals surface area contributed by atoms with Crippen LogP contribution in [0.25, 0.3) is 0 Å². The Bertz CT molecular complexity index is 368. The van der Waals surface area contributed by atoms with Gasteiger partial charge in [0.1, 0.15) is 5.75 Å². The molecule has 82 valence electrons. The first-order valence-corrected chi connectivity index (χ1v) is 5.39. The third-order valence-electron chi connectivity index (χ3n) is 1.99. The molecule has 5 heteroatoms. The van der Waals surface area contributed by atoms with Crippen LogP contribution in [0.5, 0.6) is 5.75 Å². The number of halogens is 1. The minimum atomic E-state index is -0.552. The normalized spacial score (nSPS) is 12.2. The molecule has 0 aliphatic rings. The lowest BCUT2D eigenvalue weighted by atomic mass is 10.2. The second-order valence-electron chi connectivity index (χ2n) is 3.17. The maximum Gasteiger partial charge on any atom is 0.241 e. The molecule has 0 heterocycles. The minimum Gasteiger partial charge on any atom is -0.506 e. The summed E-state index contributed by atoms with van der Waals surface area (Å²) < 4.78 is 0.778. The Balaban J connectivity index is 2.80. The Kier molecular flexibility index (Phi) is 4.11. The van der Waals surface area contributed by atoms with E-state index in [1.807, 2.05) is 6.92 Å². The van der Waals surface area contributed by atoms with Gasteiger partial charge < -0.3 is 16.2 Å². The molecule has 4 N–H and O–H groups in total. The van der Waals surface area contributed by atoms with Gasteiger partial charge in [-0.3, -0.25) is 4.79 Å². The maximum atomic E-state index is 11.4. The number of phenols is 1. The van der Waals surface area contributed by atoms with Crippen molar-refractivity contribution in [2.45, 2.75) is 19.4 Å². The van der Waals surface area contributed by atoms with E-state index in [9.17, 15) is 9.90 Å². The number of nitrogens with one attached hydrogen (secondary N) is 1. The Labute approximate surface area is 96.6 Å². The molecule has 0 aliphatic heterocycles. The van der Waals surface area contributed by atoms with Crippen molar-refractivity contribution in [3.05, 3.63) is 22.7 Å². The molecule has 1 rings (SSSR count). The molecule has 0 saturated carbocycles. The minimum absolute atomic E-state index is 0.0230. The van der Waals surface area contributed by atoms with Gasteiger partial charge in [0.15, 0.2) is 0 Å². The molecule has 0 unspecified atom stereocenters. The second-order valence-corrected chi connectivity index (χ2v) is 4.08. The molecule has 1 amide bonds. The van der Waals surface area contributed by atoms with Crippen LogP contribution in [0.2, 0.25) is 0 Å². The molecule has 0 bridgehead atoms. The van der Waals surface area contributed by atoms with E-state index in [-0.39, 0.29) is 11.7 Å². The summed E-state index contributed by atoms with van der Waals surface area (Å²) in [7, 11) is 0. The lowest BCUT2D eigenvalue weighted by molar-refractivity contribution is -0.117. The molecule has 0 aliphatic carbocycles. The number of hydrogen-bond acceptors (Lipinski definition) is 3. The first kappa shape index (κ1) is 12.0. The molecule has 0 radical (unpaired) electrons. The van der Waals surface area contributed by atoms with Crippen molar-refractivity contribution in [2.24, 2.45) is 5.73 Å². The van der Waals surface area contributed by atoms with Crippen molar-refractivity contribution >= 4 is 27.5 Å². The van der Waals surface area contributed by atoms with Crippen LogP contribution >= 0.6 is 15.9 Å². The zero-order valence-corrected chi connectivity index (χ0v) is 9.91. The van der Waals surface area contributed by atoms with Crippen LogP contribution in [0.4, 0.5) is 5.69 Å². The van der Waals surface area contributed by atoms with Crippen molar-refractivity contribution in [1.29, 1.82) is 0 Å². The average molecular weight is 273 g/mol. The molecule has 0 fully saturated rings. The molecular formula is C10H13BrN2O2. The van der Waals surface area contributed by atoms with Gasteiger partial charge >= 0.3 is 0 Å². The van der Waals surface area contributed by atoms with Gasteiger partial charge in [-0.05, 0) is 24.6 Å². The Hall–Kier alpha value is -1.07. The predicted octanol–water partition coefficient (Wildman–Crippen LogP) is 1.83. The SMILES string of the molecule is CC[C@@H](N)C(=O)Nc1cc(Br)ccc1O. The molecule has 1 aromatic rings. The molecule has 15 heavy (non-hydrogen) atoms. The predicted molar refractivity (Wildman–Crippen MR) is 62.7 cm³/mol. The molecule has 0 spiro atoms. The maximum absolute atomic E-state index is 11.4. The van der Waals surface area contributed by atoms with Crippen molar-refractivity contribution in [1.82, 2.24) is 0 Å². The number of nitrogens with two attached hydrogens (primary N) is 1. The van der Waals surface area contributed by atoms with Crippen molar-refractivity contribution in [3.63, 3.8) is 0 Å². The van der Waals surface area contributed by atoms with Gasteiger partial charge in [0.2, 0.25) is 5.91 Å². The van der Waals surface area contributed by atoms with E-state index >= 15 is 0 Å². The van der Waals surface area contributed by atoms with Crippen molar-refractivity contribution in [2.75, 3.05) is 5.32 Å². The molecule has 0 saturated heterocycles. The zero-order chi connectivity index (χ0) is 11.4. The number of amides is 1. The van der Waals surface area contributed by atoms with Gasteiger partial charge in [0.25, 0.3) is 0 Å². The molecule has 1 aromatic carbocycles. The highest BCUT2D eigenvalue weighted by atomic mass is 79.9. The third-order valence-corrected chi connectivity index (χ3v) is 2.49. The fraction of sp³-hybridized carbons (Fsp3) is 0.300. The fourth-order valence-corrected chi connectivity index (χ4v) is 1.38. The van der Waals surface area contributed by atoms with Crippen LogP contribution in [0.1, 0.15) is 13.3 Å². The largest absolute Gasteiger partial charge is 0.506 e. The zero-order valence-electron chi connectivity index (χ0n) is 8.33.